The molecule has 0 amide bonds. The van der Waals surface area contributed by atoms with Gasteiger partial charge in [0.05, 0.1) is 0 Å². The van der Waals surface area contributed by atoms with Crippen molar-refractivity contribution >= 4 is 5.78 Å². The van der Waals surface area contributed by atoms with Crippen LogP contribution in [0.1, 0.15) is 30.9 Å². The molecule has 1 atom stereocenters. The Bertz CT molecular complexity index is 684. The van der Waals surface area contributed by atoms with E-state index in [4.69, 9.17) is 4.74 Å². The molecule has 2 heteroatoms. The van der Waals surface area contributed by atoms with Gasteiger partial charge in [-0.25, -0.2) is 0 Å². The molecule has 2 aromatic rings. The van der Waals surface area contributed by atoms with Crippen LogP contribution in [0.4, 0.5) is 0 Å². The molecule has 0 saturated heterocycles. The number of hydrogen-bond acceptors (Lipinski definition) is 2. The Labute approximate surface area is 118 Å². The summed E-state index contributed by atoms with van der Waals surface area (Å²) < 4.78 is 5.82. The molecular weight excluding hydrogens is 248 g/mol. The number of carbonyl (C=O) groups is 1. The summed E-state index contributed by atoms with van der Waals surface area (Å²) in [6, 6.07) is 18.0. The molecule has 0 spiro atoms. The standard InChI is InChI=1S/C18H16O2/c1-12(19)17-13(2)20-16-11-7-6-10-15(16)18(17)14-8-4-3-5-9-14/h3-11,18H,1-2H3. The Balaban J connectivity index is 2.24. The maximum Gasteiger partial charge on any atom is 0.160 e. The lowest BCUT2D eigenvalue weighted by Crippen LogP contribution is -2.20. The minimum absolute atomic E-state index is 0.0429. The van der Waals surface area contributed by atoms with Crippen LogP contribution in [0.25, 0.3) is 0 Å². The monoisotopic (exact) mass is 264 g/mol. The average Bonchev–Trinajstić information content (AvgIpc) is 2.46. The van der Waals surface area contributed by atoms with Gasteiger partial charge in [-0.3, -0.25) is 4.79 Å². The highest BCUT2D eigenvalue weighted by Gasteiger charge is 2.31. The van der Waals surface area contributed by atoms with E-state index in [1.54, 1.807) is 6.92 Å². The molecule has 0 aliphatic carbocycles. The molecule has 2 nitrogen and oxygen atoms in total. The largest absolute Gasteiger partial charge is 0.461 e. The molecule has 1 aliphatic rings. The molecular formula is C18H16O2. The van der Waals surface area contributed by atoms with Gasteiger partial charge in [0, 0.05) is 17.1 Å². The number of allylic oxidation sites excluding steroid dienone is 2. The van der Waals surface area contributed by atoms with Crippen LogP contribution in [0.3, 0.4) is 0 Å². The number of rotatable bonds is 2. The van der Waals surface area contributed by atoms with Gasteiger partial charge in [-0.05, 0) is 25.5 Å². The van der Waals surface area contributed by atoms with Crippen LogP contribution in [0, 0.1) is 0 Å². The van der Waals surface area contributed by atoms with Crippen LogP contribution in [0.15, 0.2) is 65.9 Å². The predicted molar refractivity (Wildman–Crippen MR) is 78.7 cm³/mol. The van der Waals surface area contributed by atoms with Gasteiger partial charge in [-0.1, -0.05) is 48.5 Å². The second-order valence-corrected chi connectivity index (χ2v) is 5.01. The molecule has 1 unspecified atom stereocenters. The smallest absolute Gasteiger partial charge is 0.160 e. The van der Waals surface area contributed by atoms with E-state index in [2.05, 4.69) is 12.1 Å². The Morgan fingerprint density at radius 1 is 1.00 bits per heavy atom. The highest BCUT2D eigenvalue weighted by Crippen LogP contribution is 2.43. The molecule has 0 bridgehead atoms. The van der Waals surface area contributed by atoms with Crippen molar-refractivity contribution in [3.63, 3.8) is 0 Å². The number of ether oxygens (including phenoxy) is 1. The zero-order valence-electron chi connectivity index (χ0n) is 11.6. The Morgan fingerprint density at radius 3 is 2.35 bits per heavy atom. The molecule has 0 fully saturated rings. The number of ketones is 1. The third-order valence-electron chi connectivity index (χ3n) is 3.67. The van der Waals surface area contributed by atoms with Crippen molar-refractivity contribution in [3.8, 4) is 5.75 Å². The topological polar surface area (TPSA) is 26.3 Å². The van der Waals surface area contributed by atoms with Gasteiger partial charge in [0.15, 0.2) is 5.78 Å². The first-order valence-corrected chi connectivity index (χ1v) is 6.72. The van der Waals surface area contributed by atoms with E-state index < -0.39 is 0 Å². The first kappa shape index (κ1) is 12.7. The van der Waals surface area contributed by atoms with Crippen LogP contribution >= 0.6 is 0 Å². The summed E-state index contributed by atoms with van der Waals surface area (Å²) in [7, 11) is 0. The summed E-state index contributed by atoms with van der Waals surface area (Å²) in [5, 5.41) is 0. The number of hydrogen-bond donors (Lipinski definition) is 0. The minimum Gasteiger partial charge on any atom is -0.461 e. The Kier molecular flexibility index (Phi) is 3.15. The predicted octanol–water partition coefficient (Wildman–Crippen LogP) is 4.07. The van der Waals surface area contributed by atoms with Crippen molar-refractivity contribution in [1.29, 1.82) is 0 Å². The van der Waals surface area contributed by atoms with Crippen molar-refractivity contribution in [2.45, 2.75) is 19.8 Å². The van der Waals surface area contributed by atoms with Crippen LogP contribution in [0.5, 0.6) is 5.75 Å². The van der Waals surface area contributed by atoms with Gasteiger partial charge in [0.1, 0.15) is 11.5 Å². The van der Waals surface area contributed by atoms with Gasteiger partial charge >= 0.3 is 0 Å². The van der Waals surface area contributed by atoms with Crippen LogP contribution in [0.2, 0.25) is 0 Å². The lowest BCUT2D eigenvalue weighted by Gasteiger charge is -2.28. The quantitative estimate of drug-likeness (QED) is 0.817. The highest BCUT2D eigenvalue weighted by atomic mass is 16.5. The van der Waals surface area contributed by atoms with E-state index in [9.17, 15) is 4.79 Å². The lowest BCUT2D eigenvalue weighted by molar-refractivity contribution is -0.114. The van der Waals surface area contributed by atoms with Gasteiger partial charge in [0.25, 0.3) is 0 Å². The normalized spacial score (nSPS) is 17.4. The highest BCUT2D eigenvalue weighted by molar-refractivity contribution is 5.96. The van der Waals surface area contributed by atoms with Crippen LogP contribution in [-0.4, -0.2) is 5.78 Å². The van der Waals surface area contributed by atoms with Gasteiger partial charge < -0.3 is 4.74 Å². The number of fused-ring (bicyclic) bond motifs is 1. The first-order valence-electron chi connectivity index (χ1n) is 6.72. The fourth-order valence-corrected chi connectivity index (χ4v) is 2.83. The van der Waals surface area contributed by atoms with Crippen LogP contribution in [-0.2, 0) is 4.79 Å². The SMILES string of the molecule is CC(=O)C1=C(C)Oc2ccccc2C1c1ccccc1. The first-order chi connectivity index (χ1) is 9.68. The van der Waals surface area contributed by atoms with Gasteiger partial charge in [0.2, 0.25) is 0 Å². The lowest BCUT2D eigenvalue weighted by atomic mass is 9.81. The molecule has 0 saturated carbocycles. The van der Waals surface area contributed by atoms with Crippen molar-refractivity contribution in [3.05, 3.63) is 77.1 Å². The maximum atomic E-state index is 12.1. The molecule has 1 heterocycles. The Morgan fingerprint density at radius 2 is 1.65 bits per heavy atom. The van der Waals surface area contributed by atoms with E-state index >= 15 is 0 Å². The van der Waals surface area contributed by atoms with E-state index in [-0.39, 0.29) is 11.7 Å². The molecule has 2 aromatic carbocycles. The van der Waals surface area contributed by atoms with E-state index in [0.29, 0.717) is 5.76 Å². The molecule has 20 heavy (non-hydrogen) atoms. The summed E-state index contributed by atoms with van der Waals surface area (Å²) >= 11 is 0. The summed E-state index contributed by atoms with van der Waals surface area (Å²) in [4.78, 5) is 12.1. The number of Topliss-reactive ketones (excluding diaryl/α,β-unsaturated/α-hetero) is 1. The zero-order valence-corrected chi connectivity index (χ0v) is 11.6. The molecule has 3 rings (SSSR count). The molecule has 100 valence electrons. The number of benzene rings is 2. The van der Waals surface area contributed by atoms with Crippen molar-refractivity contribution in [2.24, 2.45) is 0 Å². The van der Waals surface area contributed by atoms with E-state index in [1.807, 2.05) is 49.4 Å². The number of para-hydroxylation sites is 1. The van der Waals surface area contributed by atoms with Crippen molar-refractivity contribution in [1.82, 2.24) is 0 Å². The van der Waals surface area contributed by atoms with Gasteiger partial charge in [-0.15, -0.1) is 0 Å². The molecule has 1 aliphatic heterocycles. The zero-order chi connectivity index (χ0) is 14.1. The third kappa shape index (κ3) is 2.03. The second kappa shape index (κ2) is 4.97. The Hall–Kier alpha value is -2.35. The molecule has 0 N–H and O–H groups in total. The molecule has 0 radical (unpaired) electrons. The number of carbonyl (C=O) groups excluding carboxylic acids is 1. The van der Waals surface area contributed by atoms with E-state index in [0.717, 1.165) is 22.4 Å². The fraction of sp³-hybridized carbons (Fsp3) is 0.167. The summed E-state index contributed by atoms with van der Waals surface area (Å²) in [5.74, 6) is 1.55. The second-order valence-electron chi connectivity index (χ2n) is 5.01. The van der Waals surface area contributed by atoms with Crippen molar-refractivity contribution < 1.29 is 9.53 Å². The van der Waals surface area contributed by atoms with Gasteiger partial charge in [-0.2, -0.15) is 0 Å². The third-order valence-corrected chi connectivity index (χ3v) is 3.67. The summed E-state index contributed by atoms with van der Waals surface area (Å²) in [5.41, 5.74) is 2.91. The average molecular weight is 264 g/mol. The fourth-order valence-electron chi connectivity index (χ4n) is 2.83. The summed E-state index contributed by atoms with van der Waals surface area (Å²) in [6.45, 7) is 3.47. The van der Waals surface area contributed by atoms with Crippen molar-refractivity contribution in [2.75, 3.05) is 0 Å². The minimum atomic E-state index is -0.0429. The summed E-state index contributed by atoms with van der Waals surface area (Å²) in [6.07, 6.45) is 0. The molecule has 0 aromatic heterocycles. The maximum absolute atomic E-state index is 12.1. The van der Waals surface area contributed by atoms with E-state index in [1.165, 1.54) is 0 Å². The van der Waals surface area contributed by atoms with Crippen LogP contribution < -0.4 is 4.74 Å².